The van der Waals surface area contributed by atoms with Crippen molar-refractivity contribution in [2.24, 2.45) is 0 Å². The minimum atomic E-state index is -0.650. The summed E-state index contributed by atoms with van der Waals surface area (Å²) in [5.74, 6) is 0.232. The first-order chi connectivity index (χ1) is 12.5. The van der Waals surface area contributed by atoms with Crippen molar-refractivity contribution in [3.8, 4) is 11.5 Å². The van der Waals surface area contributed by atoms with Crippen LogP contribution in [0.4, 0.5) is 0 Å². The lowest BCUT2D eigenvalue weighted by atomic mass is 10.1. The molecule has 0 fully saturated rings. The van der Waals surface area contributed by atoms with E-state index in [1.165, 1.54) is 0 Å². The van der Waals surface area contributed by atoms with E-state index in [9.17, 15) is 9.59 Å². The second kappa shape index (κ2) is 9.46. The van der Waals surface area contributed by atoms with Crippen LogP contribution in [0.3, 0.4) is 0 Å². The highest BCUT2D eigenvalue weighted by Gasteiger charge is 2.16. The first-order valence-electron chi connectivity index (χ1n) is 8.39. The molecule has 0 saturated heterocycles. The average Bonchev–Trinajstić information content (AvgIpc) is 2.68. The van der Waals surface area contributed by atoms with Gasteiger partial charge in [0.05, 0.1) is 20.3 Å². The van der Waals surface area contributed by atoms with Gasteiger partial charge in [-0.1, -0.05) is 24.3 Å². The molecule has 0 radical (unpaired) electrons. The minimum absolute atomic E-state index is 0.277. The van der Waals surface area contributed by atoms with Gasteiger partial charge in [0, 0.05) is 6.54 Å². The number of benzene rings is 2. The third kappa shape index (κ3) is 5.51. The molecule has 26 heavy (non-hydrogen) atoms. The van der Waals surface area contributed by atoms with Gasteiger partial charge < -0.3 is 20.1 Å². The van der Waals surface area contributed by atoms with E-state index < -0.39 is 11.8 Å². The van der Waals surface area contributed by atoms with Crippen molar-refractivity contribution in [1.29, 1.82) is 0 Å². The van der Waals surface area contributed by atoms with Crippen LogP contribution in [-0.4, -0.2) is 32.6 Å². The van der Waals surface area contributed by atoms with Gasteiger partial charge >= 0.3 is 11.8 Å². The molecule has 0 heterocycles. The molecule has 1 atom stereocenters. The molecule has 6 heteroatoms. The lowest BCUT2D eigenvalue weighted by Gasteiger charge is -2.14. The maximum atomic E-state index is 12.0. The van der Waals surface area contributed by atoms with Crippen LogP contribution in [0, 0.1) is 0 Å². The third-order valence-electron chi connectivity index (χ3n) is 4.03. The van der Waals surface area contributed by atoms with Crippen molar-refractivity contribution in [2.75, 3.05) is 20.8 Å². The zero-order chi connectivity index (χ0) is 18.9. The Bertz CT molecular complexity index is 726. The van der Waals surface area contributed by atoms with Crippen LogP contribution in [-0.2, 0) is 16.0 Å². The van der Waals surface area contributed by atoms with Crippen molar-refractivity contribution < 1.29 is 19.1 Å². The summed E-state index contributed by atoms with van der Waals surface area (Å²) >= 11 is 0. The summed E-state index contributed by atoms with van der Waals surface area (Å²) in [6, 6.07) is 14.6. The summed E-state index contributed by atoms with van der Waals surface area (Å²) < 4.78 is 10.2. The van der Waals surface area contributed by atoms with Crippen LogP contribution >= 0.6 is 0 Å². The summed E-state index contributed by atoms with van der Waals surface area (Å²) in [6.07, 6.45) is 0.636. The Morgan fingerprint density at radius 2 is 1.42 bits per heavy atom. The van der Waals surface area contributed by atoms with E-state index in [-0.39, 0.29) is 6.04 Å². The molecule has 0 aliphatic carbocycles. The first kappa shape index (κ1) is 19.3. The predicted molar refractivity (Wildman–Crippen MR) is 99.3 cm³/mol. The topological polar surface area (TPSA) is 76.7 Å². The van der Waals surface area contributed by atoms with Crippen LogP contribution in [0.1, 0.15) is 24.1 Å². The molecule has 0 aliphatic rings. The van der Waals surface area contributed by atoms with Crippen LogP contribution in [0.25, 0.3) is 0 Å². The van der Waals surface area contributed by atoms with Gasteiger partial charge in [-0.15, -0.1) is 0 Å². The molecular formula is C20H24N2O4. The highest BCUT2D eigenvalue weighted by atomic mass is 16.5. The summed E-state index contributed by atoms with van der Waals surface area (Å²) in [6.45, 7) is 2.21. The highest BCUT2D eigenvalue weighted by molar-refractivity contribution is 6.35. The SMILES string of the molecule is COc1ccc(CCNC(=O)C(=O)NC(C)c2ccc(OC)cc2)cc1. The second-order valence-electron chi connectivity index (χ2n) is 5.82. The normalized spacial score (nSPS) is 11.3. The molecule has 2 rings (SSSR count). The number of nitrogens with one attached hydrogen (secondary N) is 2. The molecule has 6 nitrogen and oxygen atoms in total. The number of carbonyl (C=O) groups excluding carboxylic acids is 2. The van der Waals surface area contributed by atoms with Gasteiger partial charge in [0.25, 0.3) is 0 Å². The van der Waals surface area contributed by atoms with Crippen molar-refractivity contribution in [1.82, 2.24) is 10.6 Å². The smallest absolute Gasteiger partial charge is 0.309 e. The summed E-state index contributed by atoms with van der Waals surface area (Å²) in [7, 11) is 3.21. The molecule has 138 valence electrons. The standard InChI is InChI=1S/C20H24N2O4/c1-14(16-6-10-18(26-3)11-7-16)22-20(24)19(23)21-13-12-15-4-8-17(25-2)9-5-15/h4-11,14H,12-13H2,1-3H3,(H,21,23)(H,22,24). The summed E-state index contributed by atoms with van der Waals surface area (Å²) in [5, 5.41) is 5.32. The molecule has 0 aliphatic heterocycles. The van der Waals surface area contributed by atoms with Gasteiger partial charge in [-0.3, -0.25) is 9.59 Å². The summed E-state index contributed by atoms with van der Waals surface area (Å²) in [5.41, 5.74) is 1.95. The molecule has 1 unspecified atom stereocenters. The van der Waals surface area contributed by atoms with E-state index in [0.29, 0.717) is 13.0 Å². The minimum Gasteiger partial charge on any atom is -0.497 e. The van der Waals surface area contributed by atoms with E-state index in [2.05, 4.69) is 10.6 Å². The van der Waals surface area contributed by atoms with Crippen LogP contribution in [0.2, 0.25) is 0 Å². The fourth-order valence-electron chi connectivity index (χ4n) is 2.43. The van der Waals surface area contributed by atoms with Gasteiger partial charge in [-0.2, -0.15) is 0 Å². The molecule has 0 saturated carbocycles. The summed E-state index contributed by atoms with van der Waals surface area (Å²) in [4.78, 5) is 23.9. The van der Waals surface area contributed by atoms with Gasteiger partial charge in [-0.05, 0) is 48.7 Å². The fraction of sp³-hybridized carbons (Fsp3) is 0.300. The Morgan fingerprint density at radius 3 is 1.96 bits per heavy atom. The van der Waals surface area contributed by atoms with Gasteiger partial charge in [0.2, 0.25) is 0 Å². The number of carbonyl (C=O) groups is 2. The Labute approximate surface area is 153 Å². The fourth-order valence-corrected chi connectivity index (χ4v) is 2.43. The molecule has 2 aromatic rings. The predicted octanol–water partition coefficient (Wildman–Crippen LogP) is 2.24. The first-order valence-corrected chi connectivity index (χ1v) is 8.39. The Morgan fingerprint density at radius 1 is 0.885 bits per heavy atom. The lowest BCUT2D eigenvalue weighted by molar-refractivity contribution is -0.139. The molecule has 2 N–H and O–H groups in total. The molecule has 0 aromatic heterocycles. The monoisotopic (exact) mass is 356 g/mol. The molecule has 2 amide bonds. The second-order valence-corrected chi connectivity index (χ2v) is 5.82. The molecular weight excluding hydrogens is 332 g/mol. The number of hydrogen-bond donors (Lipinski definition) is 2. The van der Waals surface area contributed by atoms with Crippen molar-refractivity contribution >= 4 is 11.8 Å². The number of rotatable bonds is 7. The Hall–Kier alpha value is -3.02. The molecule has 0 bridgehead atoms. The van der Waals surface area contributed by atoms with E-state index in [1.54, 1.807) is 14.2 Å². The van der Waals surface area contributed by atoms with Gasteiger partial charge in [-0.25, -0.2) is 0 Å². The molecule has 0 spiro atoms. The van der Waals surface area contributed by atoms with Crippen molar-refractivity contribution in [2.45, 2.75) is 19.4 Å². The van der Waals surface area contributed by atoms with Gasteiger partial charge in [0.15, 0.2) is 0 Å². The van der Waals surface area contributed by atoms with E-state index in [1.807, 2.05) is 55.5 Å². The number of ether oxygens (including phenoxy) is 2. The zero-order valence-corrected chi connectivity index (χ0v) is 15.2. The van der Waals surface area contributed by atoms with E-state index >= 15 is 0 Å². The van der Waals surface area contributed by atoms with Crippen LogP contribution < -0.4 is 20.1 Å². The lowest BCUT2D eigenvalue weighted by Crippen LogP contribution is -2.41. The van der Waals surface area contributed by atoms with Crippen LogP contribution in [0.5, 0.6) is 11.5 Å². The molecule has 2 aromatic carbocycles. The Kier molecular flexibility index (Phi) is 7.02. The van der Waals surface area contributed by atoms with Crippen molar-refractivity contribution in [3.63, 3.8) is 0 Å². The van der Waals surface area contributed by atoms with Crippen LogP contribution in [0.15, 0.2) is 48.5 Å². The third-order valence-corrected chi connectivity index (χ3v) is 4.03. The maximum Gasteiger partial charge on any atom is 0.309 e. The zero-order valence-electron chi connectivity index (χ0n) is 15.2. The van der Waals surface area contributed by atoms with E-state index in [4.69, 9.17) is 9.47 Å². The Balaban J connectivity index is 1.77. The van der Waals surface area contributed by atoms with Crippen molar-refractivity contribution in [3.05, 3.63) is 59.7 Å². The van der Waals surface area contributed by atoms with E-state index in [0.717, 1.165) is 22.6 Å². The maximum absolute atomic E-state index is 12.0. The average molecular weight is 356 g/mol. The van der Waals surface area contributed by atoms with Gasteiger partial charge in [0.1, 0.15) is 11.5 Å². The number of amides is 2. The number of hydrogen-bond acceptors (Lipinski definition) is 4. The quantitative estimate of drug-likeness (QED) is 0.746. The number of methoxy groups -OCH3 is 2. The largest absolute Gasteiger partial charge is 0.497 e. The highest BCUT2D eigenvalue weighted by Crippen LogP contribution is 2.17.